The van der Waals surface area contributed by atoms with Crippen LogP contribution in [0.1, 0.15) is 47.1 Å². The van der Waals surface area contributed by atoms with Gasteiger partial charge in [0.2, 0.25) is 0 Å². The molecule has 1 fully saturated rings. The number of carboxylic acids is 1. The average molecular weight is 383 g/mol. The summed E-state index contributed by atoms with van der Waals surface area (Å²) >= 11 is 0. The number of carbonyl (C=O) groups excluding carboxylic acids is 1. The van der Waals surface area contributed by atoms with Crippen molar-refractivity contribution >= 4 is 11.9 Å². The highest BCUT2D eigenvalue weighted by Crippen LogP contribution is 2.29. The third-order valence-corrected chi connectivity index (χ3v) is 5.55. The van der Waals surface area contributed by atoms with Crippen LogP contribution in [0.4, 0.5) is 0 Å². The Labute approximate surface area is 163 Å². The van der Waals surface area contributed by atoms with E-state index in [4.69, 9.17) is 9.84 Å². The van der Waals surface area contributed by atoms with Gasteiger partial charge in [0.25, 0.3) is 5.91 Å². The van der Waals surface area contributed by atoms with Gasteiger partial charge in [0.1, 0.15) is 0 Å². The van der Waals surface area contributed by atoms with Gasteiger partial charge in [-0.05, 0) is 43.4 Å². The van der Waals surface area contributed by atoms with Crippen LogP contribution in [0, 0.1) is 0 Å². The van der Waals surface area contributed by atoms with E-state index < -0.39 is 12.1 Å². The molecule has 0 bridgehead atoms. The number of carbonyl (C=O) groups is 2. The zero-order valence-electron chi connectivity index (χ0n) is 16.1. The number of morpholine rings is 1. The first-order valence-corrected chi connectivity index (χ1v) is 9.89. The van der Waals surface area contributed by atoms with E-state index in [9.17, 15) is 9.59 Å². The molecular weight excluding hydrogens is 358 g/mol. The molecular formula is C21H25N3O4. The summed E-state index contributed by atoms with van der Waals surface area (Å²) in [6, 6.07) is 8.29. The van der Waals surface area contributed by atoms with E-state index in [1.807, 2.05) is 4.68 Å². The van der Waals surface area contributed by atoms with E-state index in [1.165, 1.54) is 5.56 Å². The van der Waals surface area contributed by atoms with Crippen molar-refractivity contribution in [1.29, 1.82) is 0 Å². The van der Waals surface area contributed by atoms with E-state index in [1.54, 1.807) is 4.90 Å². The van der Waals surface area contributed by atoms with Crippen molar-refractivity contribution in [2.45, 2.75) is 45.1 Å². The second-order valence-corrected chi connectivity index (χ2v) is 7.40. The smallest absolute Gasteiger partial charge is 0.306 e. The molecule has 4 rings (SSSR count). The molecule has 1 N–H and O–H groups in total. The van der Waals surface area contributed by atoms with Crippen LogP contribution in [-0.4, -0.2) is 57.5 Å². The lowest BCUT2D eigenvalue weighted by Gasteiger charge is -2.32. The van der Waals surface area contributed by atoms with E-state index >= 15 is 0 Å². The molecule has 0 saturated carbocycles. The lowest BCUT2D eigenvalue weighted by Crippen LogP contribution is -2.46. The van der Waals surface area contributed by atoms with E-state index in [0.29, 0.717) is 18.8 Å². The summed E-state index contributed by atoms with van der Waals surface area (Å²) in [4.78, 5) is 25.8. The maximum Gasteiger partial charge on any atom is 0.306 e. The molecule has 2 aromatic rings. The molecule has 0 radical (unpaired) electrons. The Hall–Kier alpha value is -2.67. The van der Waals surface area contributed by atoms with Crippen molar-refractivity contribution < 1.29 is 19.4 Å². The van der Waals surface area contributed by atoms with Gasteiger partial charge in [-0.1, -0.05) is 19.1 Å². The number of amides is 1. The molecule has 2 heterocycles. The third kappa shape index (κ3) is 3.54. The van der Waals surface area contributed by atoms with Gasteiger partial charge in [-0.15, -0.1) is 0 Å². The van der Waals surface area contributed by atoms with Crippen LogP contribution in [0.3, 0.4) is 0 Å². The largest absolute Gasteiger partial charge is 0.481 e. The molecule has 1 saturated heterocycles. The number of aromatic nitrogens is 2. The molecule has 7 nitrogen and oxygen atoms in total. The molecule has 1 aliphatic carbocycles. The van der Waals surface area contributed by atoms with Gasteiger partial charge in [-0.25, -0.2) is 4.68 Å². The van der Waals surface area contributed by atoms with Crippen molar-refractivity contribution in [2.24, 2.45) is 0 Å². The normalized spacial score (nSPS) is 18.9. The lowest BCUT2D eigenvalue weighted by atomic mass is 10.1. The summed E-state index contributed by atoms with van der Waals surface area (Å²) in [6.45, 7) is 3.22. The van der Waals surface area contributed by atoms with Crippen molar-refractivity contribution in [2.75, 3.05) is 19.7 Å². The van der Waals surface area contributed by atoms with Gasteiger partial charge in [0.05, 0.1) is 24.8 Å². The zero-order chi connectivity index (χ0) is 19.7. The van der Waals surface area contributed by atoms with Crippen LogP contribution in [0.15, 0.2) is 24.3 Å². The van der Waals surface area contributed by atoms with Crippen molar-refractivity contribution in [3.63, 3.8) is 0 Å². The molecule has 1 amide bonds. The number of benzene rings is 1. The highest BCUT2D eigenvalue weighted by molar-refractivity contribution is 5.94. The average Bonchev–Trinajstić information content (AvgIpc) is 3.30. The minimum absolute atomic E-state index is 0.0971. The minimum atomic E-state index is -0.917. The lowest BCUT2D eigenvalue weighted by molar-refractivity contribution is -0.141. The fraction of sp³-hybridized carbons (Fsp3) is 0.476. The molecule has 148 valence electrons. The van der Waals surface area contributed by atoms with Crippen molar-refractivity contribution in [3.8, 4) is 5.69 Å². The third-order valence-electron chi connectivity index (χ3n) is 5.55. The minimum Gasteiger partial charge on any atom is -0.481 e. The van der Waals surface area contributed by atoms with Crippen molar-refractivity contribution in [1.82, 2.24) is 14.7 Å². The molecule has 28 heavy (non-hydrogen) atoms. The van der Waals surface area contributed by atoms with Gasteiger partial charge in [0.15, 0.2) is 5.69 Å². The van der Waals surface area contributed by atoms with Gasteiger partial charge in [-0.2, -0.15) is 5.10 Å². The number of rotatable bonds is 5. The van der Waals surface area contributed by atoms with Crippen LogP contribution >= 0.6 is 0 Å². The van der Waals surface area contributed by atoms with Crippen LogP contribution < -0.4 is 0 Å². The second-order valence-electron chi connectivity index (χ2n) is 7.40. The maximum atomic E-state index is 13.2. The summed E-state index contributed by atoms with van der Waals surface area (Å²) in [5.74, 6) is -1.04. The van der Waals surface area contributed by atoms with Gasteiger partial charge >= 0.3 is 5.97 Å². The van der Waals surface area contributed by atoms with Crippen LogP contribution in [0.2, 0.25) is 0 Å². The number of ether oxygens (including phenoxy) is 1. The first-order valence-electron chi connectivity index (χ1n) is 9.89. The first-order chi connectivity index (χ1) is 13.6. The fourth-order valence-electron chi connectivity index (χ4n) is 4.07. The number of carboxylic acid groups (broad SMARTS) is 1. The van der Waals surface area contributed by atoms with E-state index in [-0.39, 0.29) is 18.9 Å². The number of aryl methyl sites for hydroxylation is 1. The molecule has 1 aliphatic heterocycles. The quantitative estimate of drug-likeness (QED) is 0.856. The second kappa shape index (κ2) is 7.75. The van der Waals surface area contributed by atoms with Gasteiger partial charge in [0, 0.05) is 24.3 Å². The predicted octanol–water partition coefficient (Wildman–Crippen LogP) is 2.24. The SMILES string of the molecule is CCc1ccc(-n2nc(C(=O)N3CCO[C@H](CC(=O)O)C3)c3c2CCC3)cc1. The number of aliphatic carboxylic acids is 1. The Bertz CT molecular complexity index is 888. The first kappa shape index (κ1) is 18.7. The Morgan fingerprint density at radius 1 is 1.25 bits per heavy atom. The van der Waals surface area contributed by atoms with Crippen molar-refractivity contribution in [3.05, 3.63) is 46.8 Å². The van der Waals surface area contributed by atoms with Crippen LogP contribution in [0.25, 0.3) is 5.69 Å². The standard InChI is InChI=1S/C21H25N3O4/c1-2-14-6-8-15(9-7-14)24-18-5-3-4-17(18)20(22-24)21(27)23-10-11-28-16(13-23)12-19(25)26/h6-9,16H,2-5,10-13H2,1H3,(H,25,26)/t16-/m1/s1. The van der Waals surface area contributed by atoms with E-state index in [0.717, 1.165) is 42.6 Å². The number of hydrogen-bond donors (Lipinski definition) is 1. The Morgan fingerprint density at radius 2 is 2.04 bits per heavy atom. The molecule has 1 aromatic heterocycles. The fourth-order valence-corrected chi connectivity index (χ4v) is 4.07. The highest BCUT2D eigenvalue weighted by atomic mass is 16.5. The summed E-state index contributed by atoms with van der Waals surface area (Å²) in [5.41, 5.74) is 4.89. The Morgan fingerprint density at radius 3 is 2.75 bits per heavy atom. The summed E-state index contributed by atoms with van der Waals surface area (Å²) in [7, 11) is 0. The molecule has 2 aliphatic rings. The van der Waals surface area contributed by atoms with Gasteiger partial charge in [-0.3, -0.25) is 9.59 Å². The molecule has 0 unspecified atom stereocenters. The predicted molar refractivity (Wildman–Crippen MR) is 103 cm³/mol. The van der Waals surface area contributed by atoms with E-state index in [2.05, 4.69) is 36.3 Å². The summed E-state index contributed by atoms with van der Waals surface area (Å²) in [6.07, 6.45) is 3.20. The van der Waals surface area contributed by atoms with Gasteiger partial charge < -0.3 is 14.7 Å². The zero-order valence-corrected chi connectivity index (χ0v) is 16.1. The highest BCUT2D eigenvalue weighted by Gasteiger charge is 2.32. The summed E-state index contributed by atoms with van der Waals surface area (Å²) in [5, 5.41) is 13.7. The Balaban J connectivity index is 1.61. The maximum absolute atomic E-state index is 13.2. The van der Waals surface area contributed by atoms with Crippen LogP contribution in [-0.2, 0) is 28.8 Å². The topological polar surface area (TPSA) is 84.7 Å². The summed E-state index contributed by atoms with van der Waals surface area (Å²) < 4.78 is 7.40. The molecule has 0 spiro atoms. The molecule has 1 atom stereocenters. The molecule has 1 aromatic carbocycles. The monoisotopic (exact) mass is 383 g/mol. The Kier molecular flexibility index (Phi) is 5.17. The molecule has 7 heteroatoms. The number of hydrogen-bond acceptors (Lipinski definition) is 4. The number of nitrogens with zero attached hydrogens (tertiary/aromatic N) is 3. The van der Waals surface area contributed by atoms with Crippen LogP contribution in [0.5, 0.6) is 0 Å². The number of fused-ring (bicyclic) bond motifs is 1.